The summed E-state index contributed by atoms with van der Waals surface area (Å²) >= 11 is 0. The van der Waals surface area contributed by atoms with Crippen molar-refractivity contribution in [3.05, 3.63) is 0 Å². The molecule has 0 saturated heterocycles. The van der Waals surface area contributed by atoms with Crippen LogP contribution in [0.4, 0.5) is 0 Å². The number of unbranched alkanes of at least 4 members (excludes halogenated alkanes) is 3. The Morgan fingerprint density at radius 2 is 1.33 bits per heavy atom. The van der Waals surface area contributed by atoms with Gasteiger partial charge in [0, 0.05) is 0 Å². The van der Waals surface area contributed by atoms with Crippen molar-refractivity contribution in [1.29, 1.82) is 0 Å². The summed E-state index contributed by atoms with van der Waals surface area (Å²) in [6.45, 7) is 13.8. The van der Waals surface area contributed by atoms with E-state index in [1.165, 1.54) is 64.6 Å². The molecule has 0 atom stereocenters. The van der Waals surface area contributed by atoms with E-state index in [0.717, 1.165) is 6.54 Å². The Morgan fingerprint density at radius 1 is 0.833 bits per heavy atom. The van der Waals surface area contributed by atoms with Gasteiger partial charge in [-0.15, -0.1) is 0 Å². The Kier molecular flexibility index (Phi) is 10.8. The van der Waals surface area contributed by atoms with Crippen LogP contribution in [0.1, 0.15) is 72.6 Å². The van der Waals surface area contributed by atoms with Crippen molar-refractivity contribution in [2.24, 2.45) is 11.1 Å². The number of hydrogen-bond acceptors (Lipinski definition) is 2. The van der Waals surface area contributed by atoms with Crippen molar-refractivity contribution in [2.75, 3.05) is 26.2 Å². The predicted molar refractivity (Wildman–Crippen MR) is 82.9 cm³/mol. The van der Waals surface area contributed by atoms with Gasteiger partial charge in [-0.2, -0.15) is 0 Å². The molecule has 0 amide bonds. The second kappa shape index (κ2) is 10.8. The fourth-order valence-corrected chi connectivity index (χ4v) is 2.14. The molecule has 0 radical (unpaired) electrons. The summed E-state index contributed by atoms with van der Waals surface area (Å²) in [5.74, 6) is 0. The van der Waals surface area contributed by atoms with Crippen LogP contribution in [0, 0.1) is 5.41 Å². The summed E-state index contributed by atoms with van der Waals surface area (Å²) in [7, 11) is 0. The lowest BCUT2D eigenvalue weighted by molar-refractivity contribution is 0.249. The van der Waals surface area contributed by atoms with E-state index in [2.05, 4.69) is 32.6 Å². The first-order valence-electron chi connectivity index (χ1n) is 7.98. The lowest BCUT2D eigenvalue weighted by Gasteiger charge is -2.24. The molecule has 0 aromatic rings. The zero-order valence-electron chi connectivity index (χ0n) is 13.3. The van der Waals surface area contributed by atoms with Crippen LogP contribution < -0.4 is 5.73 Å². The molecule has 2 nitrogen and oxygen atoms in total. The van der Waals surface area contributed by atoms with E-state index >= 15 is 0 Å². The smallest absolute Gasteiger partial charge is 0.00187 e. The van der Waals surface area contributed by atoms with Crippen LogP contribution in [0.15, 0.2) is 0 Å². The molecule has 0 saturated carbocycles. The second-order valence-electron chi connectivity index (χ2n) is 6.37. The topological polar surface area (TPSA) is 29.3 Å². The average Bonchev–Trinajstić information content (AvgIpc) is 2.36. The molecule has 110 valence electrons. The minimum Gasteiger partial charge on any atom is -0.330 e. The minimum absolute atomic E-state index is 0.331. The zero-order chi connectivity index (χ0) is 13.9. The summed E-state index contributed by atoms with van der Waals surface area (Å²) in [5, 5.41) is 0. The Labute approximate surface area is 115 Å². The normalized spacial score (nSPS) is 12.3. The minimum atomic E-state index is 0.331. The van der Waals surface area contributed by atoms with E-state index in [4.69, 9.17) is 5.73 Å². The molecule has 0 aliphatic heterocycles. The first-order valence-corrected chi connectivity index (χ1v) is 7.98. The lowest BCUT2D eigenvalue weighted by atomic mass is 9.87. The molecule has 0 bridgehead atoms. The average molecular weight is 256 g/mol. The molecule has 0 aromatic carbocycles. The SMILES string of the molecule is CCCCN(CCCC)CCCCC(C)(C)CN. The van der Waals surface area contributed by atoms with Gasteiger partial charge in [0.2, 0.25) is 0 Å². The molecule has 0 aliphatic carbocycles. The molecule has 2 heteroatoms. The van der Waals surface area contributed by atoms with Gasteiger partial charge in [0.15, 0.2) is 0 Å². The van der Waals surface area contributed by atoms with Crippen molar-refractivity contribution in [2.45, 2.75) is 72.6 Å². The van der Waals surface area contributed by atoms with Crippen molar-refractivity contribution in [3.63, 3.8) is 0 Å². The summed E-state index contributed by atoms with van der Waals surface area (Å²) < 4.78 is 0. The number of nitrogens with two attached hydrogens (primary N) is 1. The van der Waals surface area contributed by atoms with Crippen LogP contribution >= 0.6 is 0 Å². The molecule has 0 spiro atoms. The highest BCUT2D eigenvalue weighted by molar-refractivity contribution is 4.69. The largest absolute Gasteiger partial charge is 0.330 e. The number of rotatable bonds is 12. The highest BCUT2D eigenvalue weighted by Gasteiger charge is 2.14. The first-order chi connectivity index (χ1) is 8.55. The Hall–Kier alpha value is -0.0800. The number of hydrogen-bond donors (Lipinski definition) is 1. The van der Waals surface area contributed by atoms with Crippen molar-refractivity contribution in [3.8, 4) is 0 Å². The fraction of sp³-hybridized carbons (Fsp3) is 1.00. The predicted octanol–water partition coefficient (Wildman–Crippen LogP) is 4.04. The van der Waals surface area contributed by atoms with Gasteiger partial charge in [-0.25, -0.2) is 0 Å². The van der Waals surface area contributed by atoms with Gasteiger partial charge in [-0.3, -0.25) is 0 Å². The van der Waals surface area contributed by atoms with Crippen LogP contribution in [0.25, 0.3) is 0 Å². The maximum atomic E-state index is 5.77. The molecular weight excluding hydrogens is 220 g/mol. The van der Waals surface area contributed by atoms with Crippen LogP contribution in [-0.2, 0) is 0 Å². The molecule has 18 heavy (non-hydrogen) atoms. The Bertz CT molecular complexity index is 170. The third-order valence-electron chi connectivity index (χ3n) is 3.79. The first kappa shape index (κ1) is 17.9. The van der Waals surface area contributed by atoms with Gasteiger partial charge in [0.05, 0.1) is 0 Å². The van der Waals surface area contributed by atoms with E-state index in [0.29, 0.717) is 5.41 Å². The fourth-order valence-electron chi connectivity index (χ4n) is 2.14. The van der Waals surface area contributed by atoms with E-state index in [-0.39, 0.29) is 0 Å². The van der Waals surface area contributed by atoms with E-state index in [9.17, 15) is 0 Å². The van der Waals surface area contributed by atoms with Crippen molar-refractivity contribution < 1.29 is 0 Å². The molecule has 0 heterocycles. The molecule has 0 fully saturated rings. The molecule has 0 rings (SSSR count). The van der Waals surface area contributed by atoms with Gasteiger partial charge < -0.3 is 10.6 Å². The maximum Gasteiger partial charge on any atom is -0.00187 e. The summed E-state index contributed by atoms with van der Waals surface area (Å²) in [5.41, 5.74) is 6.10. The van der Waals surface area contributed by atoms with Crippen molar-refractivity contribution >= 4 is 0 Å². The van der Waals surface area contributed by atoms with Crippen LogP contribution in [0.5, 0.6) is 0 Å². The Morgan fingerprint density at radius 3 is 1.78 bits per heavy atom. The maximum absolute atomic E-state index is 5.77. The van der Waals surface area contributed by atoms with Crippen LogP contribution in [0.3, 0.4) is 0 Å². The second-order valence-corrected chi connectivity index (χ2v) is 6.37. The van der Waals surface area contributed by atoms with Crippen LogP contribution in [-0.4, -0.2) is 31.1 Å². The van der Waals surface area contributed by atoms with E-state index < -0.39 is 0 Å². The third-order valence-corrected chi connectivity index (χ3v) is 3.79. The molecule has 0 aromatic heterocycles. The highest BCUT2D eigenvalue weighted by Crippen LogP contribution is 2.21. The molecule has 0 unspecified atom stereocenters. The summed E-state index contributed by atoms with van der Waals surface area (Å²) in [6, 6.07) is 0. The standard InChI is InChI=1S/C16H36N2/c1-5-7-12-18(13-8-6-2)14-10-9-11-16(3,4)15-17/h5-15,17H2,1-4H3. The van der Waals surface area contributed by atoms with Gasteiger partial charge in [0.25, 0.3) is 0 Å². The van der Waals surface area contributed by atoms with Gasteiger partial charge in [0.1, 0.15) is 0 Å². The van der Waals surface area contributed by atoms with Gasteiger partial charge in [-0.05, 0) is 57.3 Å². The number of nitrogens with zero attached hydrogens (tertiary/aromatic N) is 1. The summed E-state index contributed by atoms with van der Waals surface area (Å²) in [6.07, 6.45) is 9.22. The quantitative estimate of drug-likeness (QED) is 0.534. The Balaban J connectivity index is 3.73. The lowest BCUT2D eigenvalue weighted by Crippen LogP contribution is -2.28. The third kappa shape index (κ3) is 9.90. The van der Waals surface area contributed by atoms with E-state index in [1.54, 1.807) is 0 Å². The highest BCUT2D eigenvalue weighted by atomic mass is 15.1. The molecular formula is C16H36N2. The van der Waals surface area contributed by atoms with E-state index in [1.807, 2.05) is 0 Å². The van der Waals surface area contributed by atoms with Crippen LogP contribution in [0.2, 0.25) is 0 Å². The molecule has 2 N–H and O–H groups in total. The monoisotopic (exact) mass is 256 g/mol. The van der Waals surface area contributed by atoms with Crippen molar-refractivity contribution in [1.82, 2.24) is 4.90 Å². The summed E-state index contributed by atoms with van der Waals surface area (Å²) in [4.78, 5) is 2.66. The van der Waals surface area contributed by atoms with Gasteiger partial charge >= 0.3 is 0 Å². The molecule has 0 aliphatic rings. The zero-order valence-corrected chi connectivity index (χ0v) is 13.3. The van der Waals surface area contributed by atoms with Gasteiger partial charge in [-0.1, -0.05) is 47.0 Å².